The Hall–Kier alpha value is -3.57. The Morgan fingerprint density at radius 2 is 2.13 bits per heavy atom. The molecule has 0 spiro atoms. The van der Waals surface area contributed by atoms with E-state index in [4.69, 9.17) is 4.42 Å². The molecular formula is C20H15N5O4S2. The first kappa shape index (κ1) is 19.4. The summed E-state index contributed by atoms with van der Waals surface area (Å²) in [5.41, 5.74) is 1.10. The maximum atomic E-state index is 12.7. The number of allylic oxidation sites excluding steroid dienone is 2. The predicted octanol–water partition coefficient (Wildman–Crippen LogP) is 1.18. The van der Waals surface area contributed by atoms with Crippen molar-refractivity contribution in [1.82, 2.24) is 18.9 Å². The zero-order chi connectivity index (χ0) is 21.4. The van der Waals surface area contributed by atoms with Gasteiger partial charge in [-0.05, 0) is 23.4 Å². The van der Waals surface area contributed by atoms with E-state index in [0.717, 1.165) is 27.9 Å². The monoisotopic (exact) mass is 453 g/mol. The molecule has 0 saturated carbocycles. The van der Waals surface area contributed by atoms with Crippen molar-refractivity contribution < 1.29 is 12.8 Å². The summed E-state index contributed by atoms with van der Waals surface area (Å²) in [5, 5.41) is 2.64. The highest BCUT2D eigenvalue weighted by Gasteiger charge is 2.20. The van der Waals surface area contributed by atoms with E-state index < -0.39 is 15.8 Å². The second-order valence-electron chi connectivity index (χ2n) is 6.76. The summed E-state index contributed by atoms with van der Waals surface area (Å²) >= 11 is 0.930. The van der Waals surface area contributed by atoms with Gasteiger partial charge in [0.05, 0.1) is 16.8 Å². The molecule has 1 aromatic carbocycles. The molecule has 4 aromatic rings. The Kier molecular flexibility index (Phi) is 4.75. The standard InChI is InChI=1S/C20H15N5O4S2/c26-20-25(11-14-4-1-3-13-7-8-21-10-16(13)14)17-6-2-5-15(9-18(17)29-20)31(27,28)24-19-22-12-23-30-19/h1,3-10,12H,2,11H2,(H,22,23,24). The van der Waals surface area contributed by atoms with Crippen molar-refractivity contribution in [1.29, 1.82) is 0 Å². The van der Waals surface area contributed by atoms with E-state index in [1.165, 1.54) is 17.0 Å². The van der Waals surface area contributed by atoms with E-state index in [2.05, 4.69) is 19.1 Å². The number of hydrogen-bond donors (Lipinski definition) is 1. The van der Waals surface area contributed by atoms with Crippen LogP contribution in [0.5, 0.6) is 0 Å². The first-order chi connectivity index (χ1) is 15.0. The SMILES string of the molecule is O=c1oc2c(n1Cc1cccc3ccncc13)=CCC=C(S(=O)(=O)Nc1ncns1)C=2. The fourth-order valence-corrected chi connectivity index (χ4v) is 5.18. The first-order valence-corrected chi connectivity index (χ1v) is 11.5. The molecule has 1 aliphatic carbocycles. The molecule has 0 fully saturated rings. The van der Waals surface area contributed by atoms with Crippen LogP contribution in [0.25, 0.3) is 22.9 Å². The number of hydrogen-bond acceptors (Lipinski definition) is 8. The number of rotatable bonds is 5. The summed E-state index contributed by atoms with van der Waals surface area (Å²) in [7, 11) is -3.90. The van der Waals surface area contributed by atoms with Crippen LogP contribution in [0, 0.1) is 0 Å². The van der Waals surface area contributed by atoms with Gasteiger partial charge in [-0.1, -0.05) is 30.4 Å². The third-order valence-corrected chi connectivity index (χ3v) is 6.94. The van der Waals surface area contributed by atoms with Crippen LogP contribution in [-0.4, -0.2) is 27.3 Å². The molecule has 1 N–H and O–H groups in total. The van der Waals surface area contributed by atoms with Gasteiger partial charge in [0.25, 0.3) is 10.0 Å². The molecule has 11 heteroatoms. The van der Waals surface area contributed by atoms with Crippen LogP contribution < -0.4 is 21.2 Å². The van der Waals surface area contributed by atoms with Crippen molar-refractivity contribution in [2.45, 2.75) is 13.0 Å². The Morgan fingerprint density at radius 3 is 2.97 bits per heavy atom. The number of anilines is 1. The number of nitrogens with zero attached hydrogens (tertiary/aromatic N) is 4. The second kappa shape index (κ2) is 7.60. The van der Waals surface area contributed by atoms with E-state index in [1.807, 2.05) is 24.3 Å². The molecule has 0 amide bonds. The van der Waals surface area contributed by atoms with Crippen molar-refractivity contribution >= 4 is 49.6 Å². The van der Waals surface area contributed by atoms with Crippen LogP contribution in [0.4, 0.5) is 5.13 Å². The van der Waals surface area contributed by atoms with Crippen molar-refractivity contribution in [3.05, 3.63) is 80.8 Å². The lowest BCUT2D eigenvalue weighted by Gasteiger charge is -2.06. The molecule has 0 unspecified atom stereocenters. The highest BCUT2D eigenvalue weighted by molar-refractivity contribution is 7.97. The molecule has 3 aromatic heterocycles. The van der Waals surface area contributed by atoms with E-state index in [-0.39, 0.29) is 22.0 Å². The average molecular weight is 454 g/mol. The minimum Gasteiger partial charge on any atom is -0.408 e. The molecule has 156 valence electrons. The van der Waals surface area contributed by atoms with Crippen LogP contribution in [0.3, 0.4) is 0 Å². The van der Waals surface area contributed by atoms with E-state index in [9.17, 15) is 13.2 Å². The van der Waals surface area contributed by atoms with Gasteiger partial charge >= 0.3 is 5.76 Å². The van der Waals surface area contributed by atoms with Gasteiger partial charge in [-0.25, -0.2) is 18.2 Å². The van der Waals surface area contributed by atoms with Gasteiger partial charge in [0.15, 0.2) is 5.42 Å². The molecule has 0 saturated heterocycles. The maximum Gasteiger partial charge on any atom is 0.420 e. The number of aromatic nitrogens is 4. The van der Waals surface area contributed by atoms with Gasteiger partial charge in [0.1, 0.15) is 6.33 Å². The smallest absolute Gasteiger partial charge is 0.408 e. The van der Waals surface area contributed by atoms with Crippen molar-refractivity contribution in [2.24, 2.45) is 0 Å². The van der Waals surface area contributed by atoms with Crippen LogP contribution in [0.2, 0.25) is 0 Å². The fourth-order valence-electron chi connectivity index (χ4n) is 3.44. The summed E-state index contributed by atoms with van der Waals surface area (Å²) in [6.07, 6.45) is 9.73. The number of oxazole rings is 1. The molecule has 31 heavy (non-hydrogen) atoms. The Labute approximate surface area is 179 Å². The van der Waals surface area contributed by atoms with Crippen LogP contribution in [0.15, 0.2) is 63.2 Å². The number of pyridine rings is 1. The topological polar surface area (TPSA) is 120 Å². The zero-order valence-corrected chi connectivity index (χ0v) is 17.6. The van der Waals surface area contributed by atoms with Crippen molar-refractivity contribution in [3.63, 3.8) is 0 Å². The molecule has 1 aliphatic rings. The van der Waals surface area contributed by atoms with Crippen molar-refractivity contribution in [2.75, 3.05) is 4.72 Å². The third-order valence-electron chi connectivity index (χ3n) is 4.86. The summed E-state index contributed by atoms with van der Waals surface area (Å²) in [5.74, 6) is -0.561. The van der Waals surface area contributed by atoms with Gasteiger partial charge < -0.3 is 4.42 Å². The average Bonchev–Trinajstić information content (AvgIpc) is 3.29. The molecule has 3 heterocycles. The minimum absolute atomic E-state index is 0.00652. The third kappa shape index (κ3) is 3.68. The largest absolute Gasteiger partial charge is 0.420 e. The van der Waals surface area contributed by atoms with Crippen LogP contribution >= 0.6 is 11.5 Å². The normalized spacial score (nSPS) is 13.6. The lowest BCUT2D eigenvalue weighted by atomic mass is 10.1. The number of sulfonamides is 1. The van der Waals surface area contributed by atoms with E-state index in [1.54, 1.807) is 24.5 Å². The minimum atomic E-state index is -3.90. The fraction of sp³-hybridized carbons (Fsp3) is 0.100. The van der Waals surface area contributed by atoms with E-state index in [0.29, 0.717) is 11.8 Å². The van der Waals surface area contributed by atoms with Gasteiger partial charge in [-0.3, -0.25) is 14.3 Å². The Morgan fingerprint density at radius 1 is 1.23 bits per heavy atom. The quantitative estimate of drug-likeness (QED) is 0.482. The predicted molar refractivity (Wildman–Crippen MR) is 117 cm³/mol. The van der Waals surface area contributed by atoms with Gasteiger partial charge in [-0.15, -0.1) is 0 Å². The highest BCUT2D eigenvalue weighted by Crippen LogP contribution is 2.19. The van der Waals surface area contributed by atoms with Gasteiger partial charge in [0, 0.05) is 35.4 Å². The summed E-state index contributed by atoms with van der Waals surface area (Å²) in [6.45, 7) is 0.274. The summed E-state index contributed by atoms with van der Waals surface area (Å²) in [6, 6.07) is 7.73. The number of fused-ring (bicyclic) bond motifs is 2. The Balaban J connectivity index is 1.56. The number of nitrogens with one attached hydrogen (secondary N) is 1. The Bertz CT molecular complexity index is 1590. The molecule has 0 aliphatic heterocycles. The maximum absolute atomic E-state index is 12.7. The van der Waals surface area contributed by atoms with E-state index >= 15 is 0 Å². The zero-order valence-electron chi connectivity index (χ0n) is 15.9. The number of benzene rings is 1. The molecule has 9 nitrogen and oxygen atoms in total. The molecular weight excluding hydrogens is 438 g/mol. The molecule has 0 radical (unpaired) electrons. The molecule has 0 atom stereocenters. The van der Waals surface area contributed by atoms with Crippen LogP contribution in [-0.2, 0) is 16.6 Å². The lowest BCUT2D eigenvalue weighted by molar-refractivity contribution is 0.464. The first-order valence-electron chi connectivity index (χ1n) is 9.24. The van der Waals surface area contributed by atoms with Crippen LogP contribution in [0.1, 0.15) is 12.0 Å². The van der Waals surface area contributed by atoms with Crippen molar-refractivity contribution in [3.8, 4) is 0 Å². The van der Waals surface area contributed by atoms with Gasteiger partial charge in [0.2, 0.25) is 5.13 Å². The highest BCUT2D eigenvalue weighted by atomic mass is 32.2. The summed E-state index contributed by atoms with van der Waals surface area (Å²) in [4.78, 5) is 20.6. The second-order valence-corrected chi connectivity index (χ2v) is 9.22. The lowest BCUT2D eigenvalue weighted by Crippen LogP contribution is -2.32. The molecule has 5 rings (SSSR count). The molecule has 0 bridgehead atoms. The van der Waals surface area contributed by atoms with Gasteiger partial charge in [-0.2, -0.15) is 4.37 Å². The summed E-state index contributed by atoms with van der Waals surface area (Å²) < 4.78 is 38.5.